The van der Waals surface area contributed by atoms with E-state index in [-0.39, 0.29) is 76.0 Å². The van der Waals surface area contributed by atoms with E-state index < -0.39 is 17.6 Å². The van der Waals surface area contributed by atoms with Crippen molar-refractivity contribution in [3.8, 4) is 51.7 Å². The Balaban J connectivity index is 0.000000185. The van der Waals surface area contributed by atoms with Gasteiger partial charge in [0.2, 0.25) is 0 Å². The largest absolute Gasteiger partial charge is 0.508 e. The van der Waals surface area contributed by atoms with Gasteiger partial charge >= 0.3 is 0 Å². The third kappa shape index (κ3) is 6.42. The van der Waals surface area contributed by atoms with Crippen molar-refractivity contribution in [2.45, 2.75) is 33.6 Å². The van der Waals surface area contributed by atoms with Gasteiger partial charge in [0.05, 0.1) is 32.2 Å². The van der Waals surface area contributed by atoms with Crippen molar-refractivity contribution in [1.82, 2.24) is 0 Å². The van der Waals surface area contributed by atoms with Crippen molar-refractivity contribution < 1.29 is 54.4 Å². The third-order valence-corrected chi connectivity index (χ3v) is 8.51. The van der Waals surface area contributed by atoms with Gasteiger partial charge in [-0.1, -0.05) is 18.2 Å². The molecule has 0 saturated carbocycles. The van der Waals surface area contributed by atoms with Crippen LogP contribution in [-0.2, 0) is 12.8 Å². The molecule has 0 radical (unpaired) electrons. The van der Waals surface area contributed by atoms with Crippen molar-refractivity contribution in [1.29, 1.82) is 0 Å². The number of phenolic OH excluding ortho intramolecular Hbond substituents is 6. The topological polar surface area (TPSA) is 183 Å². The molecule has 47 heavy (non-hydrogen) atoms. The number of hydrogen-bond acceptors (Lipinski definition) is 11. The second-order valence-corrected chi connectivity index (χ2v) is 11.8. The smallest absolute Gasteiger partial charge is 0.177 e. The first-order chi connectivity index (χ1) is 22.3. The van der Waals surface area contributed by atoms with Crippen molar-refractivity contribution >= 4 is 11.6 Å². The highest BCUT2D eigenvalue weighted by atomic mass is 16.5. The fourth-order valence-electron chi connectivity index (χ4n) is 5.65. The minimum Gasteiger partial charge on any atom is -0.508 e. The fourth-order valence-corrected chi connectivity index (χ4v) is 5.65. The zero-order chi connectivity index (χ0) is 34.2. The molecule has 4 aromatic rings. The Bertz CT molecular complexity index is 1880. The minimum absolute atomic E-state index is 0.00295. The number of rotatable bonds is 5. The molecule has 0 aliphatic carbocycles. The maximum absolute atomic E-state index is 12.7. The lowest BCUT2D eigenvalue weighted by atomic mass is 9.88. The molecule has 11 nitrogen and oxygen atoms in total. The number of phenols is 6. The van der Waals surface area contributed by atoms with Crippen LogP contribution in [0.5, 0.6) is 51.7 Å². The van der Waals surface area contributed by atoms with Crippen LogP contribution in [0.3, 0.4) is 0 Å². The molecule has 4 aromatic carbocycles. The predicted molar refractivity (Wildman–Crippen MR) is 171 cm³/mol. The first-order valence-corrected chi connectivity index (χ1v) is 14.9. The quantitative estimate of drug-likeness (QED) is 0.153. The zero-order valence-corrected chi connectivity index (χ0v) is 26.3. The van der Waals surface area contributed by atoms with Gasteiger partial charge in [-0.3, -0.25) is 9.59 Å². The van der Waals surface area contributed by atoms with Gasteiger partial charge in [-0.05, 0) is 80.1 Å². The summed E-state index contributed by atoms with van der Waals surface area (Å²) in [7, 11) is 1.46. The number of Topliss-reactive ketones (excluding diaryl/α,β-unsaturated/α-hetero) is 2. The van der Waals surface area contributed by atoms with Gasteiger partial charge in [0.1, 0.15) is 39.9 Å². The third-order valence-electron chi connectivity index (χ3n) is 8.51. The Morgan fingerprint density at radius 1 is 0.638 bits per heavy atom. The molecule has 0 fully saturated rings. The number of aryl methyl sites for hydroxylation is 2. The molecule has 2 heterocycles. The van der Waals surface area contributed by atoms with Crippen LogP contribution in [0.4, 0.5) is 0 Å². The zero-order valence-electron chi connectivity index (χ0n) is 26.3. The molecule has 6 N–H and O–H groups in total. The Labute approximate surface area is 270 Å². The molecule has 0 aromatic heterocycles. The highest BCUT2D eigenvalue weighted by Gasteiger charge is 2.34. The van der Waals surface area contributed by atoms with Gasteiger partial charge < -0.3 is 44.8 Å². The lowest BCUT2D eigenvalue weighted by Crippen LogP contribution is -2.29. The molecular weight excluding hydrogens is 608 g/mol. The number of aromatic hydroxyl groups is 6. The highest BCUT2D eigenvalue weighted by Crippen LogP contribution is 2.43. The van der Waals surface area contributed by atoms with E-state index in [1.807, 2.05) is 6.07 Å². The molecule has 6 rings (SSSR count). The van der Waals surface area contributed by atoms with Crippen LogP contribution in [0.25, 0.3) is 0 Å². The Morgan fingerprint density at radius 2 is 1.17 bits per heavy atom. The molecule has 2 aliphatic rings. The lowest BCUT2D eigenvalue weighted by Gasteiger charge is -2.25. The molecule has 11 heteroatoms. The van der Waals surface area contributed by atoms with E-state index in [1.54, 1.807) is 50.2 Å². The molecule has 2 unspecified atom stereocenters. The molecule has 2 aliphatic heterocycles. The van der Waals surface area contributed by atoms with Crippen molar-refractivity contribution in [3.63, 3.8) is 0 Å². The van der Waals surface area contributed by atoms with Crippen molar-refractivity contribution in [2.75, 3.05) is 20.3 Å². The van der Waals surface area contributed by atoms with Gasteiger partial charge in [-0.2, -0.15) is 0 Å². The molecule has 246 valence electrons. The first kappa shape index (κ1) is 32.8. The maximum atomic E-state index is 12.7. The Kier molecular flexibility index (Phi) is 9.10. The lowest BCUT2D eigenvalue weighted by molar-refractivity contribution is 0.0816. The van der Waals surface area contributed by atoms with E-state index in [4.69, 9.17) is 14.2 Å². The monoisotopic (exact) mass is 644 g/mol. The summed E-state index contributed by atoms with van der Waals surface area (Å²) in [6, 6.07) is 13.1. The number of ether oxygens (including phenoxy) is 3. The fraction of sp³-hybridized carbons (Fsp3) is 0.278. The standard InChI is InChI=1S/C18H18O6.C18H18O5/c1-9-12(19)7-15-16(17(9)21)18(22)11(8-24-15)5-10-3-4-14(23-2)13(20)6-10;1-9-3-4-11(7-13(9)19)6-12-8-23-14-5-10(2)16(20)18(22)15(14)17(12)21/h3-4,6-7,11,19-21H,5,8H2,1-2H3;3-5,7,12,19-20,22H,6,8H2,1-2H3. The van der Waals surface area contributed by atoms with Crippen LogP contribution in [0.2, 0.25) is 0 Å². The molecule has 0 saturated heterocycles. The normalized spacial score (nSPS) is 16.6. The summed E-state index contributed by atoms with van der Waals surface area (Å²) < 4.78 is 16.1. The van der Waals surface area contributed by atoms with Crippen LogP contribution < -0.4 is 14.2 Å². The summed E-state index contributed by atoms with van der Waals surface area (Å²) in [5.74, 6) is -1.53. The average Bonchev–Trinajstić information content (AvgIpc) is 3.03. The summed E-state index contributed by atoms with van der Waals surface area (Å²) in [5.41, 5.74) is 3.16. The predicted octanol–water partition coefficient (Wildman–Crippen LogP) is 5.41. The number of ketones is 2. The van der Waals surface area contributed by atoms with E-state index in [0.29, 0.717) is 29.9 Å². The summed E-state index contributed by atoms with van der Waals surface area (Å²) in [6.07, 6.45) is 0.745. The van der Waals surface area contributed by atoms with Gasteiger partial charge in [0.25, 0.3) is 0 Å². The van der Waals surface area contributed by atoms with Crippen molar-refractivity contribution in [2.24, 2.45) is 11.8 Å². The van der Waals surface area contributed by atoms with Crippen molar-refractivity contribution in [3.05, 3.63) is 87.5 Å². The summed E-state index contributed by atoms with van der Waals surface area (Å²) in [5, 5.41) is 59.4. The summed E-state index contributed by atoms with van der Waals surface area (Å²) in [4.78, 5) is 25.3. The molecule has 0 spiro atoms. The summed E-state index contributed by atoms with van der Waals surface area (Å²) in [6.45, 7) is 5.30. The summed E-state index contributed by atoms with van der Waals surface area (Å²) >= 11 is 0. The van der Waals surface area contributed by atoms with E-state index >= 15 is 0 Å². The number of methoxy groups -OCH3 is 1. The minimum atomic E-state index is -0.486. The molecule has 0 amide bonds. The van der Waals surface area contributed by atoms with Gasteiger partial charge in [-0.15, -0.1) is 0 Å². The van der Waals surface area contributed by atoms with E-state index in [9.17, 15) is 40.2 Å². The highest BCUT2D eigenvalue weighted by molar-refractivity contribution is 6.05. The number of carbonyl (C=O) groups excluding carboxylic acids is 2. The SMILES string of the molecule is COc1ccc(CC2COc3cc(O)c(C)c(O)c3C2=O)cc1O.Cc1ccc(CC2COc3cc(C)c(O)c(O)c3C2=O)cc1O. The second kappa shape index (κ2) is 13.0. The van der Waals surface area contributed by atoms with E-state index in [1.165, 1.54) is 20.1 Å². The van der Waals surface area contributed by atoms with Crippen LogP contribution >= 0.6 is 0 Å². The number of carbonyl (C=O) groups is 2. The average molecular weight is 645 g/mol. The molecular formula is C36H36O11. The van der Waals surface area contributed by atoms with E-state index in [0.717, 1.165) is 16.7 Å². The first-order valence-electron chi connectivity index (χ1n) is 14.9. The number of benzene rings is 4. The number of hydrogen-bond donors (Lipinski definition) is 6. The van der Waals surface area contributed by atoms with E-state index in [2.05, 4.69) is 0 Å². The van der Waals surface area contributed by atoms with Crippen LogP contribution in [0.15, 0.2) is 48.5 Å². The van der Waals surface area contributed by atoms with Gasteiger partial charge in [0.15, 0.2) is 34.6 Å². The number of fused-ring (bicyclic) bond motifs is 2. The maximum Gasteiger partial charge on any atom is 0.177 e. The second-order valence-electron chi connectivity index (χ2n) is 11.8. The van der Waals surface area contributed by atoms with Gasteiger partial charge in [0, 0.05) is 11.6 Å². The van der Waals surface area contributed by atoms with Crippen LogP contribution in [0, 0.1) is 32.6 Å². The van der Waals surface area contributed by atoms with Crippen LogP contribution in [-0.4, -0.2) is 62.5 Å². The van der Waals surface area contributed by atoms with Crippen LogP contribution in [0.1, 0.15) is 48.5 Å². The molecule has 0 bridgehead atoms. The molecule has 2 atom stereocenters. The Hall–Kier alpha value is -5.58. The van der Waals surface area contributed by atoms with Gasteiger partial charge in [-0.25, -0.2) is 0 Å². The Morgan fingerprint density at radius 3 is 1.72 bits per heavy atom.